The summed E-state index contributed by atoms with van der Waals surface area (Å²) in [6.07, 6.45) is 1.09. The summed E-state index contributed by atoms with van der Waals surface area (Å²) in [5, 5.41) is 2.97. The second kappa shape index (κ2) is 10.6. The van der Waals surface area contributed by atoms with Crippen LogP contribution in [-0.4, -0.2) is 33.3 Å². The molecule has 0 fully saturated rings. The highest BCUT2D eigenvalue weighted by Crippen LogP contribution is 2.17. The number of carbonyl (C=O) groups excluding carboxylic acids is 2. The minimum Gasteiger partial charge on any atom is -0.349 e. The molecule has 1 aromatic heterocycles. The van der Waals surface area contributed by atoms with Crippen molar-refractivity contribution in [1.29, 1.82) is 0 Å². The van der Waals surface area contributed by atoms with Gasteiger partial charge in [-0.25, -0.2) is 4.98 Å². The zero-order chi connectivity index (χ0) is 23.0. The predicted octanol–water partition coefficient (Wildman–Crippen LogP) is 3.94. The Morgan fingerprint density at radius 1 is 0.879 bits per heavy atom. The van der Waals surface area contributed by atoms with Gasteiger partial charge in [0, 0.05) is 20.0 Å². The van der Waals surface area contributed by atoms with Crippen molar-refractivity contribution in [2.24, 2.45) is 0 Å². The van der Waals surface area contributed by atoms with Crippen LogP contribution in [0, 0.1) is 0 Å². The highest BCUT2D eigenvalue weighted by Gasteiger charge is 2.17. The van der Waals surface area contributed by atoms with Crippen LogP contribution in [0.5, 0.6) is 0 Å². The van der Waals surface area contributed by atoms with Crippen LogP contribution in [0.25, 0.3) is 11.0 Å². The third-order valence-electron chi connectivity index (χ3n) is 5.64. The fourth-order valence-corrected chi connectivity index (χ4v) is 3.81. The minimum absolute atomic E-state index is 0.0151. The fraction of sp³-hybridized carbons (Fsp3) is 0.222. The fourth-order valence-electron chi connectivity index (χ4n) is 3.81. The average molecular weight is 441 g/mol. The number of rotatable bonds is 9. The molecular weight excluding hydrogens is 412 g/mol. The number of hydrogen-bond acceptors (Lipinski definition) is 3. The van der Waals surface area contributed by atoms with Gasteiger partial charge in [-0.2, -0.15) is 0 Å². The lowest BCUT2D eigenvalue weighted by molar-refractivity contribution is -0.131. The summed E-state index contributed by atoms with van der Waals surface area (Å²) in [7, 11) is 1.81. The number of carbonyl (C=O) groups is 2. The van der Waals surface area contributed by atoms with E-state index in [1.54, 1.807) is 11.9 Å². The Labute approximate surface area is 193 Å². The van der Waals surface area contributed by atoms with Gasteiger partial charge >= 0.3 is 0 Å². The van der Waals surface area contributed by atoms with Gasteiger partial charge in [-0.05, 0) is 29.7 Å². The Hall–Kier alpha value is -3.93. The molecule has 4 rings (SSSR count). The highest BCUT2D eigenvalue weighted by atomic mass is 16.2. The lowest BCUT2D eigenvalue weighted by atomic mass is 10.1. The largest absolute Gasteiger partial charge is 0.349 e. The molecule has 33 heavy (non-hydrogen) atoms. The SMILES string of the molecule is CN(Cc1ccccc1)C(=O)Cn1c(CNC(=O)CCc2ccccc2)nc2ccccc21. The number of para-hydroxylation sites is 2. The Bertz CT molecular complexity index is 1220. The number of aryl methyl sites for hydroxylation is 1. The molecule has 0 aliphatic carbocycles. The Balaban J connectivity index is 1.43. The van der Waals surface area contributed by atoms with Gasteiger partial charge in [0.2, 0.25) is 11.8 Å². The topological polar surface area (TPSA) is 67.2 Å². The molecule has 6 heteroatoms. The Morgan fingerprint density at radius 3 is 2.24 bits per heavy atom. The molecule has 0 bridgehead atoms. The molecule has 0 aliphatic rings. The molecule has 168 valence electrons. The smallest absolute Gasteiger partial charge is 0.242 e. The van der Waals surface area contributed by atoms with Crippen LogP contribution in [0.4, 0.5) is 0 Å². The molecule has 1 heterocycles. The molecule has 0 radical (unpaired) electrons. The normalized spacial score (nSPS) is 10.8. The number of benzene rings is 3. The maximum atomic E-state index is 13.0. The van der Waals surface area contributed by atoms with Crippen LogP contribution in [0.15, 0.2) is 84.9 Å². The molecule has 0 atom stereocenters. The average Bonchev–Trinajstić information content (AvgIpc) is 3.20. The van der Waals surface area contributed by atoms with Crippen molar-refractivity contribution in [3.63, 3.8) is 0 Å². The molecule has 2 amide bonds. The zero-order valence-electron chi connectivity index (χ0n) is 18.8. The summed E-state index contributed by atoms with van der Waals surface area (Å²) in [5.41, 5.74) is 3.90. The zero-order valence-corrected chi connectivity index (χ0v) is 18.8. The van der Waals surface area contributed by atoms with Gasteiger partial charge in [0.25, 0.3) is 0 Å². The van der Waals surface area contributed by atoms with Gasteiger partial charge in [0.05, 0.1) is 17.6 Å². The van der Waals surface area contributed by atoms with Crippen molar-refractivity contribution in [2.45, 2.75) is 32.5 Å². The van der Waals surface area contributed by atoms with E-state index in [1.165, 1.54) is 0 Å². The van der Waals surface area contributed by atoms with E-state index in [9.17, 15) is 9.59 Å². The number of nitrogens with zero attached hydrogens (tertiary/aromatic N) is 3. The molecule has 0 saturated carbocycles. The van der Waals surface area contributed by atoms with Crippen LogP contribution in [0.1, 0.15) is 23.4 Å². The third kappa shape index (κ3) is 5.86. The summed E-state index contributed by atoms with van der Waals surface area (Å²) in [4.78, 5) is 31.8. The quantitative estimate of drug-likeness (QED) is 0.429. The van der Waals surface area contributed by atoms with E-state index in [0.29, 0.717) is 25.2 Å². The van der Waals surface area contributed by atoms with Crippen molar-refractivity contribution in [2.75, 3.05) is 7.05 Å². The van der Waals surface area contributed by atoms with E-state index in [0.717, 1.165) is 22.2 Å². The van der Waals surface area contributed by atoms with Crippen LogP contribution in [0.2, 0.25) is 0 Å². The van der Waals surface area contributed by atoms with Gasteiger partial charge in [0.15, 0.2) is 0 Å². The maximum absolute atomic E-state index is 13.0. The van der Waals surface area contributed by atoms with Crippen LogP contribution >= 0.6 is 0 Å². The number of fused-ring (bicyclic) bond motifs is 1. The first-order valence-corrected chi connectivity index (χ1v) is 11.1. The predicted molar refractivity (Wildman–Crippen MR) is 129 cm³/mol. The van der Waals surface area contributed by atoms with Crippen molar-refractivity contribution in [3.8, 4) is 0 Å². The minimum atomic E-state index is -0.0371. The van der Waals surface area contributed by atoms with E-state index >= 15 is 0 Å². The molecule has 1 N–H and O–H groups in total. The van der Waals surface area contributed by atoms with Gasteiger partial charge in [-0.15, -0.1) is 0 Å². The summed E-state index contributed by atoms with van der Waals surface area (Å²) in [6, 6.07) is 27.6. The van der Waals surface area contributed by atoms with Gasteiger partial charge < -0.3 is 14.8 Å². The second-order valence-corrected chi connectivity index (χ2v) is 8.10. The molecule has 4 aromatic rings. The summed E-state index contributed by atoms with van der Waals surface area (Å²) >= 11 is 0. The van der Waals surface area contributed by atoms with Crippen LogP contribution < -0.4 is 5.32 Å². The van der Waals surface area contributed by atoms with Crippen molar-refractivity contribution >= 4 is 22.8 Å². The van der Waals surface area contributed by atoms with Crippen LogP contribution in [0.3, 0.4) is 0 Å². The summed E-state index contributed by atoms with van der Waals surface area (Å²) in [6.45, 7) is 0.981. The Kier molecular flexibility index (Phi) is 7.15. The lowest BCUT2D eigenvalue weighted by Crippen LogP contribution is -2.31. The number of imidazole rings is 1. The summed E-state index contributed by atoms with van der Waals surface area (Å²) < 4.78 is 1.90. The van der Waals surface area contributed by atoms with E-state index in [-0.39, 0.29) is 24.9 Å². The third-order valence-corrected chi connectivity index (χ3v) is 5.64. The van der Waals surface area contributed by atoms with Crippen molar-refractivity contribution < 1.29 is 9.59 Å². The molecule has 6 nitrogen and oxygen atoms in total. The number of nitrogens with one attached hydrogen (secondary N) is 1. The number of aromatic nitrogens is 2. The summed E-state index contributed by atoms with van der Waals surface area (Å²) in [5.74, 6) is 0.620. The van der Waals surface area contributed by atoms with E-state index in [1.807, 2.05) is 89.5 Å². The first kappa shape index (κ1) is 22.3. The maximum Gasteiger partial charge on any atom is 0.242 e. The second-order valence-electron chi connectivity index (χ2n) is 8.10. The Morgan fingerprint density at radius 2 is 1.52 bits per heavy atom. The first-order chi connectivity index (χ1) is 16.1. The van der Waals surface area contributed by atoms with Gasteiger partial charge in [-0.3, -0.25) is 9.59 Å². The standard InChI is InChI=1S/C27H28N4O2/c1-30(19-22-12-6-3-7-13-22)27(33)20-31-24-15-9-8-14-23(24)29-25(31)18-28-26(32)17-16-21-10-4-2-5-11-21/h2-15H,16-20H2,1H3,(H,28,32). The van der Waals surface area contributed by atoms with Crippen molar-refractivity contribution in [1.82, 2.24) is 19.8 Å². The van der Waals surface area contributed by atoms with Crippen LogP contribution in [-0.2, 0) is 35.6 Å². The molecule has 0 aliphatic heterocycles. The molecule has 0 unspecified atom stereocenters. The highest BCUT2D eigenvalue weighted by molar-refractivity contribution is 5.81. The lowest BCUT2D eigenvalue weighted by Gasteiger charge is -2.19. The van der Waals surface area contributed by atoms with Crippen molar-refractivity contribution in [3.05, 3.63) is 102 Å². The monoisotopic (exact) mass is 440 g/mol. The molecular formula is C27H28N4O2. The molecule has 0 saturated heterocycles. The molecule has 0 spiro atoms. The first-order valence-electron chi connectivity index (χ1n) is 11.1. The number of amides is 2. The van der Waals surface area contributed by atoms with E-state index in [4.69, 9.17) is 0 Å². The van der Waals surface area contributed by atoms with Gasteiger partial charge in [0.1, 0.15) is 12.4 Å². The molecule has 3 aromatic carbocycles. The van der Waals surface area contributed by atoms with E-state index < -0.39 is 0 Å². The van der Waals surface area contributed by atoms with E-state index in [2.05, 4.69) is 10.3 Å². The number of hydrogen-bond donors (Lipinski definition) is 1. The number of likely N-dealkylation sites (N-methyl/N-ethyl adjacent to an activating group) is 1. The van der Waals surface area contributed by atoms with Gasteiger partial charge in [-0.1, -0.05) is 72.8 Å².